The molecule has 0 saturated carbocycles. The minimum atomic E-state index is 0.565. The van der Waals surface area contributed by atoms with E-state index in [0.29, 0.717) is 6.04 Å². The van der Waals surface area contributed by atoms with Crippen molar-refractivity contribution < 1.29 is 4.74 Å². The summed E-state index contributed by atoms with van der Waals surface area (Å²) in [7, 11) is 1.80. The highest BCUT2D eigenvalue weighted by Crippen LogP contribution is 2.10. The lowest BCUT2D eigenvalue weighted by Crippen LogP contribution is -2.33. The van der Waals surface area contributed by atoms with Crippen molar-refractivity contribution in [3.8, 4) is 0 Å². The molecule has 2 nitrogen and oxygen atoms in total. The van der Waals surface area contributed by atoms with Crippen LogP contribution in [0.4, 0.5) is 0 Å². The van der Waals surface area contributed by atoms with Gasteiger partial charge in [0.2, 0.25) is 0 Å². The Bertz CT molecular complexity index is 150. The van der Waals surface area contributed by atoms with Gasteiger partial charge in [-0.1, -0.05) is 65.2 Å². The molecule has 0 radical (unpaired) electrons. The Morgan fingerprint density at radius 3 is 2.00 bits per heavy atom. The van der Waals surface area contributed by atoms with E-state index in [1.165, 1.54) is 64.2 Å². The van der Waals surface area contributed by atoms with E-state index in [4.69, 9.17) is 4.74 Å². The molecule has 0 aliphatic heterocycles. The van der Waals surface area contributed by atoms with Crippen LogP contribution in [-0.4, -0.2) is 26.3 Å². The fourth-order valence-corrected chi connectivity index (χ4v) is 2.32. The van der Waals surface area contributed by atoms with Crippen LogP contribution >= 0.6 is 0 Å². The fraction of sp³-hybridized carbons (Fsp3) is 1.00. The molecular weight excluding hydrogens is 222 g/mol. The molecule has 0 aliphatic carbocycles. The smallest absolute Gasteiger partial charge is 0.0615 e. The molecule has 2 heteroatoms. The van der Waals surface area contributed by atoms with Gasteiger partial charge in [-0.15, -0.1) is 0 Å². The third-order valence-corrected chi connectivity index (χ3v) is 3.46. The molecule has 0 heterocycles. The number of hydrogen-bond acceptors (Lipinski definition) is 2. The Labute approximate surface area is 115 Å². The maximum atomic E-state index is 5.26. The van der Waals surface area contributed by atoms with E-state index in [9.17, 15) is 0 Å². The van der Waals surface area contributed by atoms with Crippen LogP contribution in [0.2, 0.25) is 0 Å². The zero-order valence-electron chi connectivity index (χ0n) is 13.0. The highest BCUT2D eigenvalue weighted by molar-refractivity contribution is 4.65. The Kier molecular flexibility index (Phi) is 14.9. The average Bonchev–Trinajstić information content (AvgIpc) is 2.39. The SMILES string of the molecule is CCCCCCCCCCC(COC)NCCC. The second-order valence-electron chi connectivity index (χ2n) is 5.37. The van der Waals surface area contributed by atoms with Crippen molar-refractivity contribution in [3.05, 3.63) is 0 Å². The predicted molar refractivity (Wildman–Crippen MR) is 81.2 cm³/mol. The fourth-order valence-electron chi connectivity index (χ4n) is 2.32. The molecule has 1 N–H and O–H groups in total. The van der Waals surface area contributed by atoms with Crippen LogP contribution in [0.3, 0.4) is 0 Å². The summed E-state index contributed by atoms with van der Waals surface area (Å²) < 4.78 is 5.26. The molecule has 0 saturated heterocycles. The van der Waals surface area contributed by atoms with E-state index in [0.717, 1.165) is 13.2 Å². The maximum absolute atomic E-state index is 5.26. The molecule has 1 atom stereocenters. The molecule has 0 amide bonds. The normalized spacial score (nSPS) is 12.8. The quantitative estimate of drug-likeness (QED) is 0.462. The molecule has 0 aromatic carbocycles. The van der Waals surface area contributed by atoms with E-state index in [-0.39, 0.29) is 0 Å². The number of methoxy groups -OCH3 is 1. The molecular formula is C16H35NO. The van der Waals surface area contributed by atoms with Crippen molar-refractivity contribution in [2.24, 2.45) is 0 Å². The molecule has 0 aromatic heterocycles. The van der Waals surface area contributed by atoms with Crippen molar-refractivity contribution in [2.45, 2.75) is 84.1 Å². The van der Waals surface area contributed by atoms with Crippen LogP contribution < -0.4 is 5.32 Å². The molecule has 0 aromatic rings. The lowest BCUT2D eigenvalue weighted by atomic mass is 10.0. The summed E-state index contributed by atoms with van der Waals surface area (Å²) in [5, 5.41) is 3.56. The summed E-state index contributed by atoms with van der Waals surface area (Å²) in [6.07, 6.45) is 13.7. The van der Waals surface area contributed by atoms with E-state index >= 15 is 0 Å². The highest BCUT2D eigenvalue weighted by Gasteiger charge is 2.06. The van der Waals surface area contributed by atoms with Gasteiger partial charge in [-0.3, -0.25) is 0 Å². The Hall–Kier alpha value is -0.0800. The lowest BCUT2D eigenvalue weighted by molar-refractivity contribution is 0.161. The molecule has 18 heavy (non-hydrogen) atoms. The van der Waals surface area contributed by atoms with E-state index in [1.807, 2.05) is 0 Å². The monoisotopic (exact) mass is 257 g/mol. The third kappa shape index (κ3) is 12.4. The largest absolute Gasteiger partial charge is 0.383 e. The van der Waals surface area contributed by atoms with E-state index in [1.54, 1.807) is 7.11 Å². The number of unbranched alkanes of at least 4 members (excludes halogenated alkanes) is 7. The second kappa shape index (κ2) is 15.0. The standard InChI is InChI=1S/C16H35NO/c1-4-6-7-8-9-10-11-12-13-16(15-18-3)17-14-5-2/h16-17H,4-15H2,1-3H3. The van der Waals surface area contributed by atoms with Gasteiger partial charge in [-0.25, -0.2) is 0 Å². The van der Waals surface area contributed by atoms with Crippen LogP contribution in [0.25, 0.3) is 0 Å². The third-order valence-electron chi connectivity index (χ3n) is 3.46. The summed E-state index contributed by atoms with van der Waals surface area (Å²) in [6, 6.07) is 0.565. The summed E-state index contributed by atoms with van der Waals surface area (Å²) in [4.78, 5) is 0. The molecule has 110 valence electrons. The van der Waals surface area contributed by atoms with Gasteiger partial charge in [-0.05, 0) is 19.4 Å². The number of hydrogen-bond donors (Lipinski definition) is 1. The zero-order valence-corrected chi connectivity index (χ0v) is 13.0. The van der Waals surface area contributed by atoms with Gasteiger partial charge in [0.15, 0.2) is 0 Å². The van der Waals surface area contributed by atoms with Gasteiger partial charge in [0.05, 0.1) is 6.61 Å². The van der Waals surface area contributed by atoms with E-state index < -0.39 is 0 Å². The predicted octanol–water partition coefficient (Wildman–Crippen LogP) is 4.53. The molecule has 0 aliphatic rings. The van der Waals surface area contributed by atoms with Crippen molar-refractivity contribution in [1.29, 1.82) is 0 Å². The van der Waals surface area contributed by atoms with Crippen LogP contribution in [0.15, 0.2) is 0 Å². The van der Waals surface area contributed by atoms with Gasteiger partial charge in [-0.2, -0.15) is 0 Å². The van der Waals surface area contributed by atoms with Crippen LogP contribution in [0.1, 0.15) is 78.1 Å². The van der Waals surface area contributed by atoms with E-state index in [2.05, 4.69) is 19.2 Å². The van der Waals surface area contributed by atoms with Crippen LogP contribution in [0, 0.1) is 0 Å². The van der Waals surface area contributed by atoms with Gasteiger partial charge < -0.3 is 10.1 Å². The summed E-state index contributed by atoms with van der Waals surface area (Å²) >= 11 is 0. The first-order chi connectivity index (χ1) is 8.85. The van der Waals surface area contributed by atoms with Gasteiger partial charge in [0, 0.05) is 13.2 Å². The number of ether oxygens (including phenoxy) is 1. The second-order valence-corrected chi connectivity index (χ2v) is 5.37. The minimum Gasteiger partial charge on any atom is -0.383 e. The summed E-state index contributed by atoms with van der Waals surface area (Å²) in [6.45, 7) is 6.47. The topological polar surface area (TPSA) is 21.3 Å². The van der Waals surface area contributed by atoms with Gasteiger partial charge >= 0.3 is 0 Å². The molecule has 0 fully saturated rings. The first-order valence-electron chi connectivity index (χ1n) is 8.07. The number of rotatable bonds is 14. The Morgan fingerprint density at radius 1 is 0.833 bits per heavy atom. The van der Waals surface area contributed by atoms with Crippen molar-refractivity contribution >= 4 is 0 Å². The van der Waals surface area contributed by atoms with Gasteiger partial charge in [0.1, 0.15) is 0 Å². The molecule has 0 rings (SSSR count). The Balaban J connectivity index is 3.31. The van der Waals surface area contributed by atoms with Crippen molar-refractivity contribution in [3.63, 3.8) is 0 Å². The summed E-state index contributed by atoms with van der Waals surface area (Å²) in [5.41, 5.74) is 0. The molecule has 0 bridgehead atoms. The van der Waals surface area contributed by atoms with Crippen molar-refractivity contribution in [1.82, 2.24) is 5.32 Å². The molecule has 1 unspecified atom stereocenters. The maximum Gasteiger partial charge on any atom is 0.0615 e. The Morgan fingerprint density at radius 2 is 1.44 bits per heavy atom. The first-order valence-corrected chi connectivity index (χ1v) is 8.07. The van der Waals surface area contributed by atoms with Crippen LogP contribution in [-0.2, 0) is 4.74 Å². The number of nitrogens with one attached hydrogen (secondary N) is 1. The van der Waals surface area contributed by atoms with Crippen LogP contribution in [0.5, 0.6) is 0 Å². The molecule has 0 spiro atoms. The summed E-state index contributed by atoms with van der Waals surface area (Å²) in [5.74, 6) is 0. The first kappa shape index (κ1) is 17.9. The zero-order chi connectivity index (χ0) is 13.5. The average molecular weight is 257 g/mol. The highest BCUT2D eigenvalue weighted by atomic mass is 16.5. The lowest BCUT2D eigenvalue weighted by Gasteiger charge is -2.17. The van der Waals surface area contributed by atoms with Crippen molar-refractivity contribution in [2.75, 3.05) is 20.3 Å². The van der Waals surface area contributed by atoms with Gasteiger partial charge in [0.25, 0.3) is 0 Å². The minimum absolute atomic E-state index is 0.565.